The summed E-state index contributed by atoms with van der Waals surface area (Å²) in [6.45, 7) is 0.900. The molecular weight excluding hydrogens is 361 g/mol. The van der Waals surface area contributed by atoms with Crippen LogP contribution in [0.4, 0.5) is 4.39 Å². The number of amides is 1. The second kappa shape index (κ2) is 7.93. The number of carbonyl (C=O) groups excluding carboxylic acids is 1. The molecule has 1 atom stereocenters. The summed E-state index contributed by atoms with van der Waals surface area (Å²) in [5, 5.41) is 10.5. The number of fused-ring (bicyclic) bond motifs is 1. The number of methoxy groups -OCH3 is 1. The Labute approximate surface area is 155 Å². The van der Waals surface area contributed by atoms with Gasteiger partial charge in [0.15, 0.2) is 0 Å². The van der Waals surface area contributed by atoms with Crippen LogP contribution in [-0.4, -0.2) is 42.3 Å². The Morgan fingerprint density at radius 2 is 2.23 bits per heavy atom. The summed E-state index contributed by atoms with van der Waals surface area (Å²) >= 11 is 5.98. The number of benzene rings is 2. The lowest BCUT2D eigenvalue weighted by molar-refractivity contribution is -0.140. The lowest BCUT2D eigenvalue weighted by Gasteiger charge is -2.23. The largest absolute Gasteiger partial charge is 0.497 e. The Bertz CT molecular complexity index is 794. The van der Waals surface area contributed by atoms with Gasteiger partial charge in [-0.05, 0) is 24.3 Å². The van der Waals surface area contributed by atoms with E-state index in [1.165, 1.54) is 23.1 Å². The molecule has 138 valence electrons. The summed E-state index contributed by atoms with van der Waals surface area (Å²) in [5.74, 6) is 0.279. The van der Waals surface area contributed by atoms with E-state index in [1.54, 1.807) is 19.2 Å². The average Bonchev–Trinajstić information content (AvgIpc) is 2.85. The van der Waals surface area contributed by atoms with Crippen LogP contribution in [0, 0.1) is 5.82 Å². The zero-order chi connectivity index (χ0) is 18.7. The smallest absolute Gasteiger partial charge is 0.252 e. The van der Waals surface area contributed by atoms with Crippen molar-refractivity contribution in [2.75, 3.05) is 20.3 Å². The summed E-state index contributed by atoms with van der Waals surface area (Å²) in [7, 11) is 1.57. The number of nitrogens with zero attached hydrogens (tertiary/aromatic N) is 1. The molecule has 1 amide bonds. The second-order valence-electron chi connectivity index (χ2n) is 6.00. The maximum Gasteiger partial charge on any atom is 0.252 e. The third-order valence-corrected chi connectivity index (χ3v) is 4.66. The van der Waals surface area contributed by atoms with E-state index in [4.69, 9.17) is 21.1 Å². The molecule has 1 heterocycles. The van der Waals surface area contributed by atoms with Crippen molar-refractivity contribution < 1.29 is 23.8 Å². The molecule has 3 rings (SSSR count). The van der Waals surface area contributed by atoms with Crippen molar-refractivity contribution in [3.05, 3.63) is 58.4 Å². The van der Waals surface area contributed by atoms with Gasteiger partial charge < -0.3 is 19.5 Å². The van der Waals surface area contributed by atoms with Crippen molar-refractivity contribution in [3.8, 4) is 11.5 Å². The molecule has 0 bridgehead atoms. The van der Waals surface area contributed by atoms with Crippen LogP contribution < -0.4 is 9.47 Å². The Kier molecular flexibility index (Phi) is 5.64. The van der Waals surface area contributed by atoms with Crippen LogP contribution in [0.1, 0.15) is 11.1 Å². The second-order valence-corrected chi connectivity index (χ2v) is 6.41. The number of carbonyl (C=O) groups is 1. The van der Waals surface area contributed by atoms with Gasteiger partial charge in [0.1, 0.15) is 30.0 Å². The zero-order valence-corrected chi connectivity index (χ0v) is 15.0. The summed E-state index contributed by atoms with van der Waals surface area (Å²) in [6.07, 6.45) is -1.57. The molecule has 0 saturated carbocycles. The number of aliphatic hydroxyl groups is 1. The van der Waals surface area contributed by atoms with Crippen molar-refractivity contribution in [3.63, 3.8) is 0 Å². The minimum absolute atomic E-state index is 0.131. The maximum atomic E-state index is 13.9. The lowest BCUT2D eigenvalue weighted by atomic mass is 10.1. The minimum Gasteiger partial charge on any atom is -0.497 e. The molecule has 0 saturated heterocycles. The molecule has 1 aliphatic rings. The van der Waals surface area contributed by atoms with Gasteiger partial charge in [0, 0.05) is 35.2 Å². The quantitative estimate of drug-likeness (QED) is 0.887. The van der Waals surface area contributed by atoms with Crippen LogP contribution in [-0.2, 0) is 17.8 Å². The normalized spacial score (nSPS) is 14.8. The Hall–Kier alpha value is -2.31. The highest BCUT2D eigenvalue weighted by atomic mass is 35.5. The van der Waals surface area contributed by atoms with Gasteiger partial charge in [-0.15, -0.1) is 0 Å². The molecule has 1 N–H and O–H groups in total. The van der Waals surface area contributed by atoms with Gasteiger partial charge in [-0.2, -0.15) is 0 Å². The number of halogens is 2. The number of hydrogen-bond acceptors (Lipinski definition) is 4. The van der Waals surface area contributed by atoms with Gasteiger partial charge in [-0.1, -0.05) is 17.7 Å². The fourth-order valence-corrected chi connectivity index (χ4v) is 3.12. The van der Waals surface area contributed by atoms with Crippen LogP contribution in [0.25, 0.3) is 0 Å². The molecule has 0 spiro atoms. The minimum atomic E-state index is -1.39. The third kappa shape index (κ3) is 3.92. The van der Waals surface area contributed by atoms with E-state index in [-0.39, 0.29) is 17.0 Å². The molecule has 1 aliphatic heterocycles. The Morgan fingerprint density at radius 3 is 2.96 bits per heavy atom. The molecule has 0 aliphatic carbocycles. The number of rotatable bonds is 4. The van der Waals surface area contributed by atoms with Gasteiger partial charge in [-0.3, -0.25) is 4.79 Å². The molecule has 0 radical (unpaired) electrons. The van der Waals surface area contributed by atoms with E-state index in [2.05, 4.69) is 0 Å². The van der Waals surface area contributed by atoms with E-state index in [0.29, 0.717) is 31.2 Å². The summed E-state index contributed by atoms with van der Waals surface area (Å²) < 4.78 is 24.7. The highest BCUT2D eigenvalue weighted by Gasteiger charge is 2.27. The van der Waals surface area contributed by atoms with Crippen LogP contribution in [0.5, 0.6) is 11.5 Å². The summed E-state index contributed by atoms with van der Waals surface area (Å²) in [6, 6.07) is 9.62. The highest BCUT2D eigenvalue weighted by Crippen LogP contribution is 2.28. The summed E-state index contributed by atoms with van der Waals surface area (Å²) in [5.41, 5.74) is 0.944. The number of hydrogen-bond donors (Lipinski definition) is 1. The van der Waals surface area contributed by atoms with Gasteiger partial charge in [0.05, 0.1) is 13.7 Å². The van der Waals surface area contributed by atoms with E-state index in [9.17, 15) is 14.3 Å². The predicted molar refractivity (Wildman–Crippen MR) is 95.0 cm³/mol. The molecule has 5 nitrogen and oxygen atoms in total. The molecule has 1 unspecified atom stereocenters. The first kappa shape index (κ1) is 18.5. The fourth-order valence-electron chi connectivity index (χ4n) is 2.88. The number of ether oxygens (including phenoxy) is 2. The third-order valence-electron chi connectivity index (χ3n) is 4.31. The highest BCUT2D eigenvalue weighted by molar-refractivity contribution is 6.31. The maximum absolute atomic E-state index is 13.9. The van der Waals surface area contributed by atoms with Crippen LogP contribution >= 0.6 is 11.6 Å². The fraction of sp³-hybridized carbons (Fsp3) is 0.316. The molecule has 7 heteroatoms. The Balaban J connectivity index is 1.74. The molecule has 2 aromatic carbocycles. The van der Waals surface area contributed by atoms with Crippen molar-refractivity contribution >= 4 is 17.5 Å². The average molecular weight is 380 g/mol. The Morgan fingerprint density at radius 1 is 1.42 bits per heavy atom. The van der Waals surface area contributed by atoms with E-state index in [1.807, 2.05) is 6.07 Å². The van der Waals surface area contributed by atoms with E-state index >= 15 is 0 Å². The van der Waals surface area contributed by atoms with E-state index in [0.717, 1.165) is 5.56 Å². The van der Waals surface area contributed by atoms with Gasteiger partial charge in [-0.25, -0.2) is 4.39 Å². The lowest BCUT2D eigenvalue weighted by Crippen LogP contribution is -2.41. The molecule has 0 fully saturated rings. The topological polar surface area (TPSA) is 59.0 Å². The standard InChI is InChI=1S/C19H19ClFNO4/c1-25-13-6-5-12-11-22(7-8-26-18(12)9-13)19(24)17(23)10-14-15(20)3-2-4-16(14)21/h2-6,9,17,23H,7-8,10-11H2,1H3. The molecule has 2 aromatic rings. The first-order valence-electron chi connectivity index (χ1n) is 8.19. The molecular formula is C19H19ClFNO4. The number of aliphatic hydroxyl groups excluding tert-OH is 1. The summed E-state index contributed by atoms with van der Waals surface area (Å²) in [4.78, 5) is 14.1. The van der Waals surface area contributed by atoms with Crippen molar-refractivity contribution in [2.45, 2.75) is 19.1 Å². The SMILES string of the molecule is COc1ccc2c(c1)OCCN(C(=O)C(O)Cc1c(F)cccc1Cl)C2. The monoisotopic (exact) mass is 379 g/mol. The van der Waals surface area contributed by atoms with Crippen LogP contribution in [0.3, 0.4) is 0 Å². The molecule has 0 aromatic heterocycles. The van der Waals surface area contributed by atoms with Crippen molar-refractivity contribution in [1.82, 2.24) is 4.90 Å². The van der Waals surface area contributed by atoms with Crippen LogP contribution in [0.2, 0.25) is 5.02 Å². The van der Waals surface area contributed by atoms with Crippen molar-refractivity contribution in [1.29, 1.82) is 0 Å². The van der Waals surface area contributed by atoms with Gasteiger partial charge in [0.25, 0.3) is 5.91 Å². The molecule has 26 heavy (non-hydrogen) atoms. The zero-order valence-electron chi connectivity index (χ0n) is 14.2. The first-order chi connectivity index (χ1) is 12.5. The predicted octanol–water partition coefficient (Wildman–Crippen LogP) is 2.81. The van der Waals surface area contributed by atoms with Crippen molar-refractivity contribution in [2.24, 2.45) is 0 Å². The first-order valence-corrected chi connectivity index (χ1v) is 8.57. The van der Waals surface area contributed by atoms with Crippen LogP contribution in [0.15, 0.2) is 36.4 Å². The van der Waals surface area contributed by atoms with Gasteiger partial charge in [0.2, 0.25) is 0 Å². The van der Waals surface area contributed by atoms with E-state index < -0.39 is 17.8 Å². The van der Waals surface area contributed by atoms with Gasteiger partial charge >= 0.3 is 0 Å².